The number of H-pyrrole nitrogens is 1. The maximum Gasteiger partial charge on any atom is 0.337 e. The summed E-state index contributed by atoms with van der Waals surface area (Å²) >= 11 is 6.46. The Morgan fingerprint density at radius 3 is 2.73 bits per heavy atom. The molecule has 5 heteroatoms. The number of benzene rings is 2. The van der Waals surface area contributed by atoms with E-state index in [-0.39, 0.29) is 5.56 Å². The van der Waals surface area contributed by atoms with E-state index in [0.717, 1.165) is 36.3 Å². The quantitative estimate of drug-likeness (QED) is 0.681. The molecule has 2 N–H and O–H groups in total. The molecule has 4 nitrogen and oxygen atoms in total. The largest absolute Gasteiger partial charge is 0.478 e. The summed E-state index contributed by atoms with van der Waals surface area (Å²) in [5.74, 6) is -0.355. The number of fused-ring (bicyclic) bond motifs is 1. The number of hydrogen-bond acceptors (Lipinski definition) is 2. The van der Waals surface area contributed by atoms with Crippen LogP contribution in [0.4, 0.5) is 0 Å². The number of nitrogens with zero attached hydrogens (tertiary/aromatic N) is 1. The first kappa shape index (κ1) is 17.1. The van der Waals surface area contributed by atoms with Gasteiger partial charge in [-0.05, 0) is 48.7 Å². The molecule has 0 saturated carbocycles. The minimum atomic E-state index is -0.943. The van der Waals surface area contributed by atoms with E-state index in [2.05, 4.69) is 41.1 Å². The molecule has 26 heavy (non-hydrogen) atoms. The molecule has 1 saturated heterocycles. The van der Waals surface area contributed by atoms with Crippen molar-refractivity contribution in [2.24, 2.45) is 0 Å². The number of halogens is 1. The van der Waals surface area contributed by atoms with Crippen molar-refractivity contribution < 1.29 is 9.90 Å². The summed E-state index contributed by atoms with van der Waals surface area (Å²) in [7, 11) is 0. The van der Waals surface area contributed by atoms with E-state index in [0.29, 0.717) is 16.3 Å². The van der Waals surface area contributed by atoms with Crippen molar-refractivity contribution >= 4 is 28.5 Å². The third kappa shape index (κ3) is 3.00. The lowest BCUT2D eigenvalue weighted by atomic mass is 9.95. The lowest BCUT2D eigenvalue weighted by Crippen LogP contribution is -2.19. The van der Waals surface area contributed by atoms with Gasteiger partial charge in [-0.1, -0.05) is 42.8 Å². The van der Waals surface area contributed by atoms with Crippen LogP contribution in [-0.4, -0.2) is 40.6 Å². The number of aromatic carboxylic acids is 1. The Balaban J connectivity index is 1.68. The first-order valence-electron chi connectivity index (χ1n) is 8.93. The van der Waals surface area contributed by atoms with E-state index in [4.69, 9.17) is 11.6 Å². The van der Waals surface area contributed by atoms with Gasteiger partial charge in [0, 0.05) is 29.2 Å². The molecule has 0 amide bonds. The van der Waals surface area contributed by atoms with Gasteiger partial charge < -0.3 is 15.0 Å². The second-order valence-electron chi connectivity index (χ2n) is 6.89. The lowest BCUT2D eigenvalue weighted by molar-refractivity contribution is 0.0699. The van der Waals surface area contributed by atoms with Crippen molar-refractivity contribution in [2.45, 2.75) is 19.3 Å². The molecular weight excluding hydrogens is 348 g/mol. The fraction of sp³-hybridized carbons (Fsp3) is 0.286. The summed E-state index contributed by atoms with van der Waals surface area (Å²) in [6.07, 6.45) is 2.71. The minimum Gasteiger partial charge on any atom is -0.478 e. The number of hydrogen-bond donors (Lipinski definition) is 2. The molecule has 1 aliphatic rings. The van der Waals surface area contributed by atoms with Gasteiger partial charge in [0.1, 0.15) is 0 Å². The van der Waals surface area contributed by atoms with Gasteiger partial charge in [0.15, 0.2) is 0 Å². The van der Waals surface area contributed by atoms with Crippen molar-refractivity contribution in [3.05, 3.63) is 58.7 Å². The number of aromatic nitrogens is 1. The molecule has 1 unspecified atom stereocenters. The molecule has 0 spiro atoms. The van der Waals surface area contributed by atoms with Crippen molar-refractivity contribution in [3.8, 4) is 11.1 Å². The zero-order chi connectivity index (χ0) is 18.3. The van der Waals surface area contributed by atoms with Crippen LogP contribution in [-0.2, 0) is 0 Å². The van der Waals surface area contributed by atoms with Crippen LogP contribution < -0.4 is 0 Å². The third-order valence-corrected chi connectivity index (χ3v) is 5.73. The van der Waals surface area contributed by atoms with E-state index >= 15 is 0 Å². The van der Waals surface area contributed by atoms with Crippen LogP contribution in [0.1, 0.15) is 35.2 Å². The molecule has 0 bridgehead atoms. The van der Waals surface area contributed by atoms with Crippen molar-refractivity contribution in [3.63, 3.8) is 0 Å². The maximum absolute atomic E-state index is 11.4. The molecule has 1 atom stereocenters. The van der Waals surface area contributed by atoms with Crippen LogP contribution in [0.2, 0.25) is 5.02 Å². The van der Waals surface area contributed by atoms with Crippen LogP contribution in [0.5, 0.6) is 0 Å². The van der Waals surface area contributed by atoms with Crippen LogP contribution in [0.3, 0.4) is 0 Å². The Kier molecular flexibility index (Phi) is 4.47. The van der Waals surface area contributed by atoms with Gasteiger partial charge in [0.25, 0.3) is 0 Å². The zero-order valence-electron chi connectivity index (χ0n) is 14.6. The summed E-state index contributed by atoms with van der Waals surface area (Å²) in [5, 5.41) is 10.6. The van der Waals surface area contributed by atoms with E-state index < -0.39 is 5.97 Å². The highest BCUT2D eigenvalue weighted by Gasteiger charge is 2.22. The maximum atomic E-state index is 11.4. The highest BCUT2D eigenvalue weighted by atomic mass is 35.5. The van der Waals surface area contributed by atoms with Gasteiger partial charge in [-0.3, -0.25) is 0 Å². The van der Waals surface area contributed by atoms with Crippen molar-refractivity contribution in [2.75, 3.05) is 19.6 Å². The number of rotatable bonds is 4. The number of carboxylic acid groups (broad SMARTS) is 1. The molecule has 1 fully saturated rings. The second-order valence-corrected chi connectivity index (χ2v) is 7.29. The van der Waals surface area contributed by atoms with E-state index in [9.17, 15) is 9.90 Å². The highest BCUT2D eigenvalue weighted by molar-refractivity contribution is 6.34. The third-order valence-electron chi connectivity index (χ3n) is 5.41. The average Bonchev–Trinajstić information content (AvgIpc) is 3.27. The molecular formula is C21H21ClN2O2. The smallest absolute Gasteiger partial charge is 0.337 e. The summed E-state index contributed by atoms with van der Waals surface area (Å²) in [6.45, 7) is 5.59. The van der Waals surface area contributed by atoms with Gasteiger partial charge >= 0.3 is 5.97 Å². The minimum absolute atomic E-state index is 0.264. The first-order chi connectivity index (χ1) is 12.6. The van der Waals surface area contributed by atoms with Crippen LogP contribution in [0, 0.1) is 0 Å². The lowest BCUT2D eigenvalue weighted by Gasteiger charge is -2.14. The fourth-order valence-corrected chi connectivity index (χ4v) is 4.14. The predicted molar refractivity (Wildman–Crippen MR) is 105 cm³/mol. The fourth-order valence-electron chi connectivity index (χ4n) is 3.87. The highest BCUT2D eigenvalue weighted by Crippen LogP contribution is 2.35. The molecule has 0 aliphatic carbocycles. The Hall–Kier alpha value is -2.30. The Morgan fingerprint density at radius 2 is 2.08 bits per heavy atom. The molecule has 4 rings (SSSR count). The Labute approximate surface area is 157 Å². The number of carbonyl (C=O) groups is 1. The average molecular weight is 369 g/mol. The molecule has 0 radical (unpaired) electrons. The molecule has 1 aliphatic heterocycles. The molecule has 3 aromatic rings. The summed E-state index contributed by atoms with van der Waals surface area (Å²) in [4.78, 5) is 16.8. The summed E-state index contributed by atoms with van der Waals surface area (Å²) in [6, 6.07) is 12.2. The van der Waals surface area contributed by atoms with Crippen LogP contribution >= 0.6 is 11.6 Å². The Morgan fingerprint density at radius 1 is 1.31 bits per heavy atom. The number of likely N-dealkylation sites (tertiary alicyclic amines) is 1. The molecule has 2 aromatic carbocycles. The molecule has 134 valence electrons. The van der Waals surface area contributed by atoms with E-state index in [1.165, 1.54) is 18.2 Å². The number of aromatic amines is 1. The number of carboxylic acids is 1. The SMILES string of the molecule is CCN1CCC(c2ccc(-c3cc4c(C(=O)O)c[nH]c4cc3Cl)cc2)C1. The van der Waals surface area contributed by atoms with Crippen molar-refractivity contribution in [1.82, 2.24) is 9.88 Å². The molecule has 1 aromatic heterocycles. The number of likely N-dealkylation sites (N-methyl/N-ethyl adjacent to an activating group) is 1. The predicted octanol–water partition coefficient (Wildman–Crippen LogP) is 5.00. The van der Waals surface area contributed by atoms with Crippen molar-refractivity contribution in [1.29, 1.82) is 0 Å². The van der Waals surface area contributed by atoms with Gasteiger partial charge in [-0.25, -0.2) is 4.79 Å². The van der Waals surface area contributed by atoms with Gasteiger partial charge in [0.2, 0.25) is 0 Å². The normalized spacial score (nSPS) is 17.8. The summed E-state index contributed by atoms with van der Waals surface area (Å²) < 4.78 is 0. The van der Waals surface area contributed by atoms with Gasteiger partial charge in [0.05, 0.1) is 10.6 Å². The van der Waals surface area contributed by atoms with Crippen LogP contribution in [0.25, 0.3) is 22.0 Å². The summed E-state index contributed by atoms with van der Waals surface area (Å²) in [5.41, 5.74) is 4.21. The van der Waals surface area contributed by atoms with E-state index in [1.807, 2.05) is 6.07 Å². The zero-order valence-corrected chi connectivity index (χ0v) is 15.4. The van der Waals surface area contributed by atoms with Gasteiger partial charge in [-0.2, -0.15) is 0 Å². The standard InChI is InChI=1S/C21H21ClN2O2/c1-2-24-8-7-15(12-24)13-3-5-14(6-4-13)16-9-17-18(21(25)26)11-23-20(17)10-19(16)22/h3-6,9-11,15,23H,2,7-8,12H2,1H3,(H,25,26). The first-order valence-corrected chi connectivity index (χ1v) is 9.31. The second kappa shape index (κ2) is 6.78. The monoisotopic (exact) mass is 368 g/mol. The van der Waals surface area contributed by atoms with E-state index in [1.54, 1.807) is 6.07 Å². The van der Waals surface area contributed by atoms with Gasteiger partial charge in [-0.15, -0.1) is 0 Å². The van der Waals surface area contributed by atoms with Crippen LogP contribution in [0.15, 0.2) is 42.6 Å². The topological polar surface area (TPSA) is 56.3 Å². The molecule has 2 heterocycles. The Bertz CT molecular complexity index is 962. The number of nitrogens with one attached hydrogen (secondary N) is 1.